The van der Waals surface area contributed by atoms with E-state index in [1.807, 2.05) is 12.1 Å². The van der Waals surface area contributed by atoms with E-state index in [0.717, 1.165) is 22.6 Å². The summed E-state index contributed by atoms with van der Waals surface area (Å²) in [4.78, 5) is 2.48. The van der Waals surface area contributed by atoms with Gasteiger partial charge in [-0.05, 0) is 36.2 Å². The number of hydrogen-bond acceptors (Lipinski definition) is 3. The van der Waals surface area contributed by atoms with E-state index in [2.05, 4.69) is 19.1 Å². The Bertz CT molecular complexity index is 538. The molecule has 18 heavy (non-hydrogen) atoms. The van der Waals surface area contributed by atoms with Crippen LogP contribution < -0.4 is 10.5 Å². The smallest absolute Gasteiger partial charge is 0.120 e. The minimum atomic E-state index is -0.172. The van der Waals surface area contributed by atoms with Crippen LogP contribution in [-0.4, -0.2) is 7.11 Å². The molecular formula is C14H16ClNOS. The number of benzene rings is 1. The molecule has 0 aliphatic rings. The van der Waals surface area contributed by atoms with Crippen molar-refractivity contribution in [3.8, 4) is 5.75 Å². The summed E-state index contributed by atoms with van der Waals surface area (Å²) >= 11 is 7.98. The molecule has 0 amide bonds. The maximum Gasteiger partial charge on any atom is 0.120 e. The molecule has 0 aliphatic carbocycles. The first-order valence-corrected chi connectivity index (χ1v) is 7.02. The Morgan fingerprint density at radius 1 is 1.33 bits per heavy atom. The van der Waals surface area contributed by atoms with Crippen molar-refractivity contribution in [3.63, 3.8) is 0 Å². The Morgan fingerprint density at radius 3 is 2.67 bits per heavy atom. The Balaban J connectivity index is 2.30. The lowest BCUT2D eigenvalue weighted by Crippen LogP contribution is -2.10. The van der Waals surface area contributed by atoms with Crippen LogP contribution in [0.3, 0.4) is 0 Å². The third-order valence-electron chi connectivity index (χ3n) is 2.88. The van der Waals surface area contributed by atoms with Crippen molar-refractivity contribution < 1.29 is 4.74 Å². The third-order valence-corrected chi connectivity index (χ3v) is 4.52. The van der Waals surface area contributed by atoms with Crippen molar-refractivity contribution in [1.82, 2.24) is 0 Å². The highest BCUT2D eigenvalue weighted by molar-refractivity contribution is 7.12. The van der Waals surface area contributed by atoms with Gasteiger partial charge in [-0.1, -0.05) is 24.6 Å². The lowest BCUT2D eigenvalue weighted by atomic mass is 10.1. The Kier molecular flexibility index (Phi) is 4.27. The SMILES string of the molecule is CCc1ccc(C(N)c2ccc(OC)cc2Cl)s1. The topological polar surface area (TPSA) is 35.2 Å². The van der Waals surface area contributed by atoms with Crippen molar-refractivity contribution in [2.45, 2.75) is 19.4 Å². The molecule has 2 rings (SSSR count). The first kappa shape index (κ1) is 13.4. The van der Waals surface area contributed by atoms with Gasteiger partial charge >= 0.3 is 0 Å². The molecule has 4 heteroatoms. The zero-order valence-corrected chi connectivity index (χ0v) is 12.0. The number of aryl methyl sites for hydroxylation is 1. The third kappa shape index (κ3) is 2.69. The van der Waals surface area contributed by atoms with Crippen LogP contribution in [0.15, 0.2) is 30.3 Å². The fourth-order valence-corrected chi connectivity index (χ4v) is 3.05. The second-order valence-corrected chi connectivity index (χ2v) is 5.63. The lowest BCUT2D eigenvalue weighted by Gasteiger charge is -2.13. The molecule has 0 spiro atoms. The molecule has 1 unspecified atom stereocenters. The maximum atomic E-state index is 6.26. The monoisotopic (exact) mass is 281 g/mol. The van der Waals surface area contributed by atoms with Crippen LogP contribution in [0, 0.1) is 0 Å². The van der Waals surface area contributed by atoms with E-state index in [0.29, 0.717) is 5.02 Å². The lowest BCUT2D eigenvalue weighted by molar-refractivity contribution is 0.414. The van der Waals surface area contributed by atoms with E-state index in [9.17, 15) is 0 Å². The number of halogens is 1. The molecule has 0 fully saturated rings. The molecule has 2 nitrogen and oxygen atoms in total. The van der Waals surface area contributed by atoms with Gasteiger partial charge in [-0.2, -0.15) is 0 Å². The van der Waals surface area contributed by atoms with Gasteiger partial charge in [0.1, 0.15) is 5.75 Å². The van der Waals surface area contributed by atoms with Crippen molar-refractivity contribution in [2.75, 3.05) is 7.11 Å². The van der Waals surface area contributed by atoms with E-state index >= 15 is 0 Å². The highest BCUT2D eigenvalue weighted by Crippen LogP contribution is 2.32. The maximum absolute atomic E-state index is 6.26. The number of rotatable bonds is 4. The van der Waals surface area contributed by atoms with Crippen LogP contribution >= 0.6 is 22.9 Å². The van der Waals surface area contributed by atoms with Crippen molar-refractivity contribution in [1.29, 1.82) is 0 Å². The zero-order valence-electron chi connectivity index (χ0n) is 10.4. The van der Waals surface area contributed by atoms with Crippen LogP contribution in [0.1, 0.15) is 28.3 Å². The minimum absolute atomic E-state index is 0.172. The molecule has 1 aromatic carbocycles. The molecule has 96 valence electrons. The van der Waals surface area contributed by atoms with E-state index < -0.39 is 0 Å². The predicted octanol–water partition coefficient (Wildman–Crippen LogP) is 4.02. The van der Waals surface area contributed by atoms with Crippen LogP contribution in [0.25, 0.3) is 0 Å². The van der Waals surface area contributed by atoms with Crippen LogP contribution in [0.5, 0.6) is 5.75 Å². The van der Waals surface area contributed by atoms with Gasteiger partial charge in [-0.15, -0.1) is 11.3 Å². The second-order valence-electron chi connectivity index (χ2n) is 4.02. The summed E-state index contributed by atoms with van der Waals surface area (Å²) in [6, 6.07) is 9.64. The van der Waals surface area contributed by atoms with E-state index in [4.69, 9.17) is 22.1 Å². The fraction of sp³-hybridized carbons (Fsp3) is 0.286. The first-order valence-electron chi connectivity index (χ1n) is 5.83. The van der Waals surface area contributed by atoms with Gasteiger partial charge in [0.05, 0.1) is 13.2 Å². The molecule has 0 aliphatic heterocycles. The molecule has 0 saturated carbocycles. The quantitative estimate of drug-likeness (QED) is 0.919. The van der Waals surface area contributed by atoms with Gasteiger partial charge in [0.2, 0.25) is 0 Å². The average molecular weight is 282 g/mol. The minimum Gasteiger partial charge on any atom is -0.497 e. The fourth-order valence-electron chi connectivity index (χ4n) is 1.79. The highest BCUT2D eigenvalue weighted by atomic mass is 35.5. The van der Waals surface area contributed by atoms with Crippen molar-refractivity contribution in [3.05, 3.63) is 50.7 Å². The largest absolute Gasteiger partial charge is 0.497 e. The van der Waals surface area contributed by atoms with E-state index in [1.165, 1.54) is 4.88 Å². The average Bonchev–Trinajstić information content (AvgIpc) is 2.86. The Hall–Kier alpha value is -1.03. The normalized spacial score (nSPS) is 12.4. The van der Waals surface area contributed by atoms with Crippen molar-refractivity contribution in [2.24, 2.45) is 5.73 Å². The molecule has 0 saturated heterocycles. The summed E-state index contributed by atoms with van der Waals surface area (Å²) in [5.41, 5.74) is 7.19. The van der Waals surface area contributed by atoms with Gasteiger partial charge in [-0.25, -0.2) is 0 Å². The highest BCUT2D eigenvalue weighted by Gasteiger charge is 2.15. The molecule has 0 bridgehead atoms. The standard InChI is InChI=1S/C14H16ClNOS/c1-3-10-5-7-13(18-10)14(16)11-6-4-9(17-2)8-12(11)15/h4-8,14H,3,16H2,1-2H3. The predicted molar refractivity (Wildman–Crippen MR) is 77.7 cm³/mol. The van der Waals surface area contributed by atoms with E-state index in [1.54, 1.807) is 24.5 Å². The van der Waals surface area contributed by atoms with Gasteiger partial charge < -0.3 is 10.5 Å². The second kappa shape index (κ2) is 5.74. The molecule has 1 atom stereocenters. The summed E-state index contributed by atoms with van der Waals surface area (Å²) in [6.07, 6.45) is 1.04. The molecule has 2 N–H and O–H groups in total. The van der Waals surface area contributed by atoms with Gasteiger partial charge in [0.25, 0.3) is 0 Å². The van der Waals surface area contributed by atoms with E-state index in [-0.39, 0.29) is 6.04 Å². The molecule has 0 radical (unpaired) electrons. The zero-order chi connectivity index (χ0) is 13.1. The number of ether oxygens (including phenoxy) is 1. The van der Waals surface area contributed by atoms with Crippen LogP contribution in [-0.2, 0) is 6.42 Å². The summed E-state index contributed by atoms with van der Waals surface area (Å²) in [7, 11) is 1.62. The number of thiophene rings is 1. The molecule has 2 aromatic rings. The summed E-state index contributed by atoms with van der Waals surface area (Å²) in [5.74, 6) is 0.747. The van der Waals surface area contributed by atoms with Crippen LogP contribution in [0.4, 0.5) is 0 Å². The van der Waals surface area contributed by atoms with Crippen LogP contribution in [0.2, 0.25) is 5.02 Å². The number of methoxy groups -OCH3 is 1. The van der Waals surface area contributed by atoms with Gasteiger partial charge in [-0.3, -0.25) is 0 Å². The van der Waals surface area contributed by atoms with Gasteiger partial charge in [0.15, 0.2) is 0 Å². The number of nitrogens with two attached hydrogens (primary N) is 1. The van der Waals surface area contributed by atoms with Crippen molar-refractivity contribution >= 4 is 22.9 Å². The molecule has 1 heterocycles. The summed E-state index contributed by atoms with van der Waals surface area (Å²) in [6.45, 7) is 2.14. The summed E-state index contributed by atoms with van der Waals surface area (Å²) in [5, 5.41) is 0.647. The number of hydrogen-bond donors (Lipinski definition) is 1. The first-order chi connectivity index (χ1) is 8.65. The van der Waals surface area contributed by atoms with Gasteiger partial charge in [0, 0.05) is 14.8 Å². The molecule has 1 aromatic heterocycles. The Morgan fingerprint density at radius 2 is 2.11 bits per heavy atom. The Labute approximate surface area is 116 Å². The summed E-state index contributed by atoms with van der Waals surface area (Å²) < 4.78 is 5.13. The molecular weight excluding hydrogens is 266 g/mol.